The van der Waals surface area contributed by atoms with Crippen molar-refractivity contribution in [3.05, 3.63) is 18.2 Å². The monoisotopic (exact) mass is 419 g/mol. The molecule has 3 rings (SSSR count). The summed E-state index contributed by atoms with van der Waals surface area (Å²) in [5.74, 6) is 1.16. The molecule has 9 heteroatoms. The standard InChI is InChI=1S/C18H29N5O2.2ClH/c1-3-7-18(14-5-8-19-9-6-14)16(24)23(17(25)21-18)13-12-22-11-10-20-15(22)4-2;;/h10-11,14,19H,3-9,12-13H2,1-2H3,(H,21,25);2*1H. The predicted octanol–water partition coefficient (Wildman–Crippen LogP) is 2.38. The number of halogens is 2. The second-order valence-corrected chi connectivity index (χ2v) is 7.02. The van der Waals surface area contributed by atoms with Gasteiger partial charge in [-0.2, -0.15) is 0 Å². The summed E-state index contributed by atoms with van der Waals surface area (Å²) in [5.41, 5.74) is -0.712. The van der Waals surface area contributed by atoms with Gasteiger partial charge in [0.15, 0.2) is 0 Å². The number of imide groups is 1. The number of carbonyl (C=O) groups is 2. The van der Waals surface area contributed by atoms with Crippen LogP contribution in [0.25, 0.3) is 0 Å². The van der Waals surface area contributed by atoms with E-state index in [0.717, 1.165) is 44.6 Å². The van der Waals surface area contributed by atoms with Crippen molar-refractivity contribution >= 4 is 36.8 Å². The van der Waals surface area contributed by atoms with Gasteiger partial charge in [-0.25, -0.2) is 9.78 Å². The van der Waals surface area contributed by atoms with Gasteiger partial charge in [0.2, 0.25) is 0 Å². The van der Waals surface area contributed by atoms with Gasteiger partial charge in [-0.05, 0) is 38.3 Å². The highest BCUT2D eigenvalue weighted by molar-refractivity contribution is 6.07. The normalized spacial score (nSPS) is 23.0. The summed E-state index contributed by atoms with van der Waals surface area (Å²) in [4.78, 5) is 31.5. The van der Waals surface area contributed by atoms with E-state index >= 15 is 0 Å². The molecular formula is C18H31Cl2N5O2. The van der Waals surface area contributed by atoms with Crippen LogP contribution in [0.4, 0.5) is 4.79 Å². The molecule has 3 amide bonds. The fraction of sp³-hybridized carbons (Fsp3) is 0.722. The van der Waals surface area contributed by atoms with Crippen LogP contribution in [0.3, 0.4) is 0 Å². The van der Waals surface area contributed by atoms with Crippen LogP contribution in [-0.4, -0.2) is 51.6 Å². The van der Waals surface area contributed by atoms with Gasteiger partial charge in [0, 0.05) is 31.9 Å². The molecule has 2 aliphatic heterocycles. The number of urea groups is 1. The van der Waals surface area contributed by atoms with Gasteiger partial charge in [-0.1, -0.05) is 20.3 Å². The number of imidazole rings is 1. The van der Waals surface area contributed by atoms with E-state index in [2.05, 4.69) is 29.5 Å². The number of amides is 3. The molecule has 154 valence electrons. The fourth-order valence-electron chi connectivity index (χ4n) is 4.27. The molecule has 1 aromatic rings. The molecule has 2 N–H and O–H groups in total. The van der Waals surface area contributed by atoms with Crippen LogP contribution < -0.4 is 10.6 Å². The lowest BCUT2D eigenvalue weighted by molar-refractivity contribution is -0.134. The molecule has 1 atom stereocenters. The molecule has 1 unspecified atom stereocenters. The summed E-state index contributed by atoms with van der Waals surface area (Å²) in [5, 5.41) is 6.42. The number of piperidine rings is 1. The van der Waals surface area contributed by atoms with Crippen LogP contribution in [0.1, 0.15) is 45.4 Å². The van der Waals surface area contributed by atoms with Gasteiger partial charge in [-0.3, -0.25) is 9.69 Å². The molecule has 2 aliphatic rings. The largest absolute Gasteiger partial charge is 0.333 e. The summed E-state index contributed by atoms with van der Waals surface area (Å²) >= 11 is 0. The predicted molar refractivity (Wildman–Crippen MR) is 110 cm³/mol. The molecule has 0 radical (unpaired) electrons. The van der Waals surface area contributed by atoms with E-state index in [1.54, 1.807) is 6.20 Å². The van der Waals surface area contributed by atoms with Crippen LogP contribution in [0.15, 0.2) is 12.4 Å². The summed E-state index contributed by atoms with van der Waals surface area (Å²) in [6, 6.07) is -0.241. The molecule has 2 fully saturated rings. The van der Waals surface area contributed by atoms with Crippen LogP contribution in [0.5, 0.6) is 0 Å². The third kappa shape index (κ3) is 4.58. The van der Waals surface area contributed by atoms with E-state index in [1.807, 2.05) is 10.8 Å². The minimum atomic E-state index is -0.712. The number of aromatic nitrogens is 2. The Hall–Kier alpha value is -1.31. The quantitative estimate of drug-likeness (QED) is 0.664. The minimum absolute atomic E-state index is 0. The molecule has 0 aliphatic carbocycles. The van der Waals surface area contributed by atoms with Crippen molar-refractivity contribution in [2.24, 2.45) is 5.92 Å². The summed E-state index contributed by atoms with van der Waals surface area (Å²) in [6.45, 7) is 6.93. The average molecular weight is 420 g/mol. The number of aryl methyl sites for hydroxylation is 1. The Morgan fingerprint density at radius 3 is 2.52 bits per heavy atom. The number of hydrogen-bond donors (Lipinski definition) is 2. The van der Waals surface area contributed by atoms with Crippen molar-refractivity contribution in [2.45, 2.75) is 58.0 Å². The number of rotatable bonds is 7. The van der Waals surface area contributed by atoms with Crippen molar-refractivity contribution in [3.63, 3.8) is 0 Å². The zero-order valence-corrected chi connectivity index (χ0v) is 17.7. The first-order valence-corrected chi connectivity index (χ1v) is 9.47. The first-order chi connectivity index (χ1) is 12.1. The lowest BCUT2D eigenvalue weighted by Gasteiger charge is -2.37. The van der Waals surface area contributed by atoms with Gasteiger partial charge in [0.25, 0.3) is 5.91 Å². The Morgan fingerprint density at radius 2 is 1.89 bits per heavy atom. The highest BCUT2D eigenvalue weighted by Crippen LogP contribution is 2.35. The highest BCUT2D eigenvalue weighted by atomic mass is 35.5. The Balaban J connectivity index is 0.00000182. The lowest BCUT2D eigenvalue weighted by Crippen LogP contribution is -2.55. The van der Waals surface area contributed by atoms with E-state index in [0.29, 0.717) is 19.5 Å². The second kappa shape index (κ2) is 10.3. The molecule has 0 saturated carbocycles. The van der Waals surface area contributed by atoms with Crippen LogP contribution >= 0.6 is 24.8 Å². The van der Waals surface area contributed by atoms with Crippen LogP contribution in [0, 0.1) is 5.92 Å². The maximum absolute atomic E-state index is 13.2. The van der Waals surface area contributed by atoms with Gasteiger partial charge in [0.1, 0.15) is 11.4 Å². The number of hydrogen-bond acceptors (Lipinski definition) is 4. The summed E-state index contributed by atoms with van der Waals surface area (Å²) in [6.07, 6.45) is 7.96. The molecular weight excluding hydrogens is 389 g/mol. The Morgan fingerprint density at radius 1 is 1.19 bits per heavy atom. The molecule has 2 saturated heterocycles. The van der Waals surface area contributed by atoms with Crippen molar-refractivity contribution in [1.82, 2.24) is 25.1 Å². The molecule has 0 bridgehead atoms. The molecule has 7 nitrogen and oxygen atoms in total. The van der Waals surface area contributed by atoms with E-state index < -0.39 is 5.54 Å². The zero-order valence-electron chi connectivity index (χ0n) is 16.1. The molecule has 3 heterocycles. The Labute approximate surface area is 173 Å². The van der Waals surface area contributed by atoms with Gasteiger partial charge < -0.3 is 15.2 Å². The smallest absolute Gasteiger partial charge is 0.325 e. The van der Waals surface area contributed by atoms with E-state index in [-0.39, 0.29) is 42.7 Å². The highest BCUT2D eigenvalue weighted by Gasteiger charge is 2.54. The third-order valence-electron chi connectivity index (χ3n) is 5.56. The molecule has 1 aromatic heterocycles. The van der Waals surface area contributed by atoms with Gasteiger partial charge >= 0.3 is 6.03 Å². The van der Waals surface area contributed by atoms with Gasteiger partial charge in [-0.15, -0.1) is 24.8 Å². The van der Waals surface area contributed by atoms with Crippen molar-refractivity contribution in [2.75, 3.05) is 19.6 Å². The first kappa shape index (κ1) is 23.7. The van der Waals surface area contributed by atoms with Crippen molar-refractivity contribution in [3.8, 4) is 0 Å². The average Bonchev–Trinajstić information content (AvgIpc) is 3.18. The number of carbonyl (C=O) groups excluding carboxylic acids is 2. The zero-order chi connectivity index (χ0) is 17.9. The van der Waals surface area contributed by atoms with Gasteiger partial charge in [0.05, 0.1) is 0 Å². The third-order valence-corrected chi connectivity index (χ3v) is 5.56. The SMILES string of the molecule is CCCC1(C2CCNCC2)NC(=O)N(CCn2ccnc2CC)C1=O.Cl.Cl. The molecule has 0 aromatic carbocycles. The lowest BCUT2D eigenvalue weighted by atomic mass is 9.75. The second-order valence-electron chi connectivity index (χ2n) is 7.02. The van der Waals surface area contributed by atoms with Crippen LogP contribution in [-0.2, 0) is 17.8 Å². The van der Waals surface area contributed by atoms with E-state index in [4.69, 9.17) is 0 Å². The van der Waals surface area contributed by atoms with Crippen molar-refractivity contribution < 1.29 is 9.59 Å². The van der Waals surface area contributed by atoms with Crippen molar-refractivity contribution in [1.29, 1.82) is 0 Å². The maximum atomic E-state index is 13.2. The van der Waals surface area contributed by atoms with E-state index in [9.17, 15) is 9.59 Å². The number of nitrogens with zero attached hydrogens (tertiary/aromatic N) is 3. The minimum Gasteiger partial charge on any atom is -0.333 e. The summed E-state index contributed by atoms with van der Waals surface area (Å²) in [7, 11) is 0. The summed E-state index contributed by atoms with van der Waals surface area (Å²) < 4.78 is 2.02. The Kier molecular flexibility index (Phi) is 9.05. The Bertz CT molecular complexity index is 633. The first-order valence-electron chi connectivity index (χ1n) is 9.47. The topological polar surface area (TPSA) is 79.3 Å². The molecule has 27 heavy (non-hydrogen) atoms. The fourth-order valence-corrected chi connectivity index (χ4v) is 4.27. The molecule has 0 spiro atoms. The van der Waals surface area contributed by atoms with Crippen LogP contribution in [0.2, 0.25) is 0 Å². The maximum Gasteiger partial charge on any atom is 0.325 e. The van der Waals surface area contributed by atoms with E-state index in [1.165, 1.54) is 4.90 Å². The number of nitrogens with one attached hydrogen (secondary N) is 2.